The van der Waals surface area contributed by atoms with Crippen LogP contribution < -0.4 is 10.2 Å². The van der Waals surface area contributed by atoms with Gasteiger partial charge in [0.15, 0.2) is 0 Å². The Morgan fingerprint density at radius 1 is 1.16 bits per heavy atom. The summed E-state index contributed by atoms with van der Waals surface area (Å²) in [7, 11) is 0. The number of benzene rings is 2. The van der Waals surface area contributed by atoms with Crippen LogP contribution in [0.15, 0.2) is 42.5 Å². The first-order valence-electron chi connectivity index (χ1n) is 10.5. The molecule has 2 N–H and O–H groups in total. The largest absolute Gasteiger partial charge is 0.679 e. The Morgan fingerprint density at radius 2 is 1.84 bits per heavy atom. The Balaban J connectivity index is 0.00000118. The van der Waals surface area contributed by atoms with Gasteiger partial charge in [0.2, 0.25) is 5.91 Å². The SMILES string of the molecule is CC.O=C1CCN(c2cccc(-c3ccc([N-]C4(CCOO)CC4)cc3)c2Cl)C(=O)N1.[Y]. The number of hydrogen-bond donors (Lipinski definition) is 2. The zero-order chi connectivity index (χ0) is 22.4. The van der Waals surface area contributed by atoms with E-state index in [2.05, 4.69) is 10.2 Å². The predicted octanol–water partition coefficient (Wildman–Crippen LogP) is 5.89. The summed E-state index contributed by atoms with van der Waals surface area (Å²) in [6, 6.07) is 12.8. The maximum absolute atomic E-state index is 12.2. The summed E-state index contributed by atoms with van der Waals surface area (Å²) < 4.78 is 0. The van der Waals surface area contributed by atoms with Crippen LogP contribution in [-0.4, -0.2) is 35.9 Å². The Morgan fingerprint density at radius 3 is 2.44 bits per heavy atom. The van der Waals surface area contributed by atoms with Crippen molar-refractivity contribution in [1.29, 1.82) is 0 Å². The minimum absolute atomic E-state index is 0. The summed E-state index contributed by atoms with van der Waals surface area (Å²) in [6.07, 6.45) is 2.92. The predicted molar refractivity (Wildman–Crippen MR) is 122 cm³/mol. The van der Waals surface area contributed by atoms with Crippen molar-refractivity contribution in [2.24, 2.45) is 0 Å². The van der Waals surface area contributed by atoms with Gasteiger partial charge in [-0.15, -0.1) is 11.2 Å². The van der Waals surface area contributed by atoms with Gasteiger partial charge in [0, 0.05) is 51.2 Å². The van der Waals surface area contributed by atoms with Crippen LogP contribution in [0.1, 0.15) is 39.5 Å². The second-order valence-electron chi connectivity index (χ2n) is 7.36. The van der Waals surface area contributed by atoms with E-state index in [-0.39, 0.29) is 57.2 Å². The van der Waals surface area contributed by atoms with Crippen molar-refractivity contribution in [2.75, 3.05) is 18.1 Å². The van der Waals surface area contributed by atoms with Gasteiger partial charge >= 0.3 is 6.03 Å². The van der Waals surface area contributed by atoms with Crippen LogP contribution in [-0.2, 0) is 42.4 Å². The summed E-state index contributed by atoms with van der Waals surface area (Å²) in [5.74, 6) is -0.281. The van der Waals surface area contributed by atoms with Gasteiger partial charge in [-0.2, -0.15) is 0 Å². The third-order valence-corrected chi connectivity index (χ3v) is 5.75. The van der Waals surface area contributed by atoms with Gasteiger partial charge in [-0.25, -0.2) is 9.68 Å². The zero-order valence-electron chi connectivity index (χ0n) is 18.3. The topological polar surface area (TPSA) is 93.0 Å². The number of imide groups is 1. The van der Waals surface area contributed by atoms with Gasteiger partial charge in [0.05, 0.1) is 17.3 Å². The van der Waals surface area contributed by atoms with E-state index in [0.29, 0.717) is 23.7 Å². The average molecular weight is 534 g/mol. The normalized spacial score (nSPS) is 16.3. The number of carbonyl (C=O) groups excluding carboxylic acids is 2. The van der Waals surface area contributed by atoms with Gasteiger partial charge in [0.1, 0.15) is 0 Å². The first kappa shape index (κ1) is 26.7. The van der Waals surface area contributed by atoms with Crippen LogP contribution in [0.3, 0.4) is 0 Å². The van der Waals surface area contributed by atoms with E-state index in [9.17, 15) is 9.59 Å². The standard InChI is InChI=1S/C21H21ClN3O4.C2H6.Y/c22-19-16(2-1-3-17(19)25-12-8-18(26)23-20(25)27)14-4-6-15(7-5-14)24-21(9-10-21)11-13-29-28;1-2;/h1-7,28H,8-13H2,(H,23,26,27);1-2H3;/q-1;;. The molecule has 1 aliphatic heterocycles. The van der Waals surface area contributed by atoms with E-state index < -0.39 is 6.03 Å². The smallest absolute Gasteiger partial charge is 0.328 e. The Labute approximate surface area is 218 Å². The molecular formula is C23H27ClN3O4Y-. The number of anilines is 1. The number of halogens is 1. The average Bonchev–Trinajstić information content (AvgIpc) is 3.54. The number of amides is 3. The third kappa shape index (κ3) is 6.30. The molecule has 4 rings (SSSR count). The number of nitrogens with zero attached hydrogens (tertiary/aromatic N) is 2. The fourth-order valence-corrected chi connectivity index (χ4v) is 3.87. The van der Waals surface area contributed by atoms with E-state index >= 15 is 0 Å². The van der Waals surface area contributed by atoms with Crippen LogP contribution >= 0.6 is 11.6 Å². The van der Waals surface area contributed by atoms with Crippen molar-refractivity contribution < 1.29 is 52.4 Å². The van der Waals surface area contributed by atoms with E-state index in [4.69, 9.17) is 22.2 Å². The second-order valence-corrected chi connectivity index (χ2v) is 7.74. The van der Waals surface area contributed by atoms with Crippen LogP contribution in [0.25, 0.3) is 16.4 Å². The van der Waals surface area contributed by atoms with Gasteiger partial charge in [0.25, 0.3) is 0 Å². The molecule has 1 saturated heterocycles. The first-order chi connectivity index (χ1) is 15.0. The maximum atomic E-state index is 12.2. The fraction of sp³-hybridized carbons (Fsp3) is 0.391. The second kappa shape index (κ2) is 12.1. The van der Waals surface area contributed by atoms with Crippen LogP contribution in [0, 0.1) is 0 Å². The minimum atomic E-state index is -0.462. The molecule has 0 atom stereocenters. The minimum Gasteiger partial charge on any atom is -0.679 e. The third-order valence-electron chi connectivity index (χ3n) is 5.35. The molecule has 0 aromatic heterocycles. The van der Waals surface area contributed by atoms with Crippen molar-refractivity contribution in [3.8, 4) is 11.1 Å². The van der Waals surface area contributed by atoms with Gasteiger partial charge in [-0.05, 0) is 18.1 Å². The van der Waals surface area contributed by atoms with E-state index in [1.807, 2.05) is 50.2 Å². The molecule has 0 bridgehead atoms. The van der Waals surface area contributed by atoms with Crippen LogP contribution in [0.5, 0.6) is 0 Å². The molecule has 2 aromatic carbocycles. The molecule has 7 nitrogen and oxygen atoms in total. The van der Waals surface area contributed by atoms with Crippen LogP contribution in [0.2, 0.25) is 5.02 Å². The first-order valence-corrected chi connectivity index (χ1v) is 10.9. The maximum Gasteiger partial charge on any atom is 0.328 e. The van der Waals surface area contributed by atoms with Crippen molar-refractivity contribution in [2.45, 2.75) is 45.1 Å². The number of hydrogen-bond acceptors (Lipinski definition) is 4. The molecule has 2 fully saturated rings. The Bertz CT molecular complexity index is 935. The van der Waals surface area contributed by atoms with Crippen molar-refractivity contribution in [1.82, 2.24) is 5.32 Å². The molecule has 1 aliphatic carbocycles. The Hall–Kier alpha value is -1.51. The number of rotatable bonds is 7. The molecule has 2 aromatic rings. The summed E-state index contributed by atoms with van der Waals surface area (Å²) in [5.41, 5.74) is 3.03. The van der Waals surface area contributed by atoms with Gasteiger partial charge < -0.3 is 5.32 Å². The monoisotopic (exact) mass is 533 g/mol. The van der Waals surface area contributed by atoms with Crippen molar-refractivity contribution >= 4 is 34.9 Å². The van der Waals surface area contributed by atoms with Gasteiger partial charge in [-0.3, -0.25) is 20.3 Å². The van der Waals surface area contributed by atoms with E-state index in [1.54, 1.807) is 6.07 Å². The molecule has 32 heavy (non-hydrogen) atoms. The molecule has 1 saturated carbocycles. The van der Waals surface area contributed by atoms with Gasteiger partial charge in [-0.1, -0.05) is 74.7 Å². The number of carbonyl (C=O) groups is 2. The summed E-state index contributed by atoms with van der Waals surface area (Å²) in [6.45, 7) is 4.57. The quantitative estimate of drug-likeness (QED) is 0.343. The molecule has 0 unspecified atom stereocenters. The summed E-state index contributed by atoms with van der Waals surface area (Å²) in [5, 5.41) is 16.1. The van der Waals surface area contributed by atoms with Crippen molar-refractivity contribution in [3.63, 3.8) is 0 Å². The summed E-state index contributed by atoms with van der Waals surface area (Å²) >= 11 is 6.62. The molecule has 9 heteroatoms. The molecular weight excluding hydrogens is 507 g/mol. The molecule has 1 radical (unpaired) electrons. The fourth-order valence-electron chi connectivity index (χ4n) is 3.53. The number of urea groups is 1. The molecule has 2 aliphatic rings. The van der Waals surface area contributed by atoms with Crippen LogP contribution in [0.4, 0.5) is 16.2 Å². The zero-order valence-corrected chi connectivity index (χ0v) is 21.9. The van der Waals surface area contributed by atoms with E-state index in [1.165, 1.54) is 4.90 Å². The molecule has 3 amide bonds. The van der Waals surface area contributed by atoms with E-state index in [0.717, 1.165) is 29.7 Å². The van der Waals surface area contributed by atoms with Crippen molar-refractivity contribution in [3.05, 3.63) is 52.8 Å². The molecule has 1 heterocycles. The molecule has 169 valence electrons. The molecule has 0 spiro atoms. The summed E-state index contributed by atoms with van der Waals surface area (Å²) in [4.78, 5) is 29.2. The Kier molecular flexibility index (Phi) is 10.1. The number of nitrogens with one attached hydrogen (secondary N) is 1.